The summed E-state index contributed by atoms with van der Waals surface area (Å²) in [5.41, 5.74) is 2.16. The molecule has 2 aromatic rings. The Morgan fingerprint density at radius 2 is 2.09 bits per heavy atom. The van der Waals surface area contributed by atoms with E-state index in [4.69, 9.17) is 0 Å². The van der Waals surface area contributed by atoms with E-state index in [0.29, 0.717) is 19.0 Å². The van der Waals surface area contributed by atoms with Crippen molar-refractivity contribution in [3.63, 3.8) is 0 Å². The molecular weight excluding hydrogens is 306 g/mol. The maximum atomic E-state index is 12.6. The van der Waals surface area contributed by atoms with E-state index in [1.807, 2.05) is 41.9 Å². The van der Waals surface area contributed by atoms with E-state index in [1.54, 1.807) is 0 Å². The molecule has 3 rings (SSSR count). The van der Waals surface area contributed by atoms with Crippen LogP contribution in [0.5, 0.6) is 0 Å². The summed E-state index contributed by atoms with van der Waals surface area (Å²) < 4.78 is 2.21. The Hall–Kier alpha value is -1.49. The number of thioether (sulfide) groups is 1. The summed E-state index contributed by atoms with van der Waals surface area (Å²) in [5, 5.41) is 0. The Bertz CT molecular complexity index is 676. The molecular formula is C18H25N3OS. The molecule has 2 heterocycles. The fourth-order valence-electron chi connectivity index (χ4n) is 3.30. The van der Waals surface area contributed by atoms with Gasteiger partial charge in [-0.25, -0.2) is 4.98 Å². The van der Waals surface area contributed by atoms with Crippen molar-refractivity contribution >= 4 is 28.7 Å². The van der Waals surface area contributed by atoms with Crippen LogP contribution in [-0.4, -0.2) is 45.0 Å². The van der Waals surface area contributed by atoms with Gasteiger partial charge in [-0.05, 0) is 36.5 Å². The number of para-hydroxylation sites is 2. The summed E-state index contributed by atoms with van der Waals surface area (Å²) in [6.45, 7) is 2.83. The molecule has 0 unspecified atom stereocenters. The van der Waals surface area contributed by atoms with Crippen LogP contribution in [0, 0.1) is 0 Å². The number of amides is 1. The summed E-state index contributed by atoms with van der Waals surface area (Å²) >= 11 is 2.00. The van der Waals surface area contributed by atoms with Crippen LogP contribution >= 0.6 is 11.8 Å². The van der Waals surface area contributed by atoms with E-state index < -0.39 is 0 Å². The third-order valence-electron chi connectivity index (χ3n) is 4.73. The SMILES string of the molecule is CCc1nc2ccccc2n1CCC(=O)N(C)C1CCSCC1. The first-order chi connectivity index (χ1) is 11.2. The molecule has 0 bridgehead atoms. The number of fused-ring (bicyclic) bond motifs is 1. The zero-order chi connectivity index (χ0) is 16.2. The smallest absolute Gasteiger partial charge is 0.224 e. The molecule has 4 nitrogen and oxygen atoms in total. The van der Waals surface area contributed by atoms with Crippen LogP contribution in [0.2, 0.25) is 0 Å². The van der Waals surface area contributed by atoms with Crippen LogP contribution in [0.25, 0.3) is 11.0 Å². The molecule has 5 heteroatoms. The molecule has 1 aromatic carbocycles. The third-order valence-corrected chi connectivity index (χ3v) is 5.78. The van der Waals surface area contributed by atoms with Gasteiger partial charge in [0.05, 0.1) is 11.0 Å². The number of benzene rings is 1. The molecule has 124 valence electrons. The maximum Gasteiger partial charge on any atom is 0.224 e. The number of carbonyl (C=O) groups is 1. The van der Waals surface area contributed by atoms with Gasteiger partial charge in [0.2, 0.25) is 5.91 Å². The molecule has 1 aromatic heterocycles. The number of imidazole rings is 1. The Morgan fingerprint density at radius 3 is 2.83 bits per heavy atom. The number of aryl methyl sites for hydroxylation is 2. The Labute approximate surface area is 142 Å². The Kier molecular flexibility index (Phi) is 5.26. The van der Waals surface area contributed by atoms with Gasteiger partial charge in [0, 0.05) is 32.5 Å². The second kappa shape index (κ2) is 7.39. The molecule has 0 aliphatic carbocycles. The highest BCUT2D eigenvalue weighted by Crippen LogP contribution is 2.22. The predicted molar refractivity (Wildman–Crippen MR) is 96.8 cm³/mol. The van der Waals surface area contributed by atoms with Crippen molar-refractivity contribution in [2.45, 2.75) is 45.2 Å². The second-order valence-electron chi connectivity index (χ2n) is 6.12. The van der Waals surface area contributed by atoms with Crippen LogP contribution in [0.1, 0.15) is 32.0 Å². The van der Waals surface area contributed by atoms with E-state index >= 15 is 0 Å². The van der Waals surface area contributed by atoms with Gasteiger partial charge in [0.1, 0.15) is 5.82 Å². The minimum atomic E-state index is 0.252. The monoisotopic (exact) mass is 331 g/mol. The third kappa shape index (κ3) is 3.55. The molecule has 0 spiro atoms. The van der Waals surface area contributed by atoms with Crippen molar-refractivity contribution < 1.29 is 4.79 Å². The summed E-state index contributed by atoms with van der Waals surface area (Å²) in [7, 11) is 1.97. The number of hydrogen-bond donors (Lipinski definition) is 0. The molecule has 0 atom stereocenters. The van der Waals surface area contributed by atoms with E-state index in [2.05, 4.69) is 22.5 Å². The zero-order valence-corrected chi connectivity index (χ0v) is 14.8. The molecule has 1 aliphatic rings. The molecule has 23 heavy (non-hydrogen) atoms. The summed E-state index contributed by atoms with van der Waals surface area (Å²) in [6, 6.07) is 8.60. The minimum absolute atomic E-state index is 0.252. The molecule has 0 radical (unpaired) electrons. The maximum absolute atomic E-state index is 12.6. The number of hydrogen-bond acceptors (Lipinski definition) is 3. The van der Waals surface area contributed by atoms with E-state index in [1.165, 1.54) is 11.5 Å². The van der Waals surface area contributed by atoms with E-state index in [-0.39, 0.29) is 5.91 Å². The average molecular weight is 331 g/mol. The largest absolute Gasteiger partial charge is 0.343 e. The van der Waals surface area contributed by atoms with Gasteiger partial charge in [0.25, 0.3) is 0 Å². The first-order valence-electron chi connectivity index (χ1n) is 8.48. The standard InChI is InChI=1S/C18H25N3OS/c1-3-17-19-15-6-4-5-7-16(15)21(17)11-8-18(22)20(2)14-9-12-23-13-10-14/h4-7,14H,3,8-13H2,1-2H3. The normalized spacial score (nSPS) is 15.9. The molecule has 1 saturated heterocycles. The summed E-state index contributed by atoms with van der Waals surface area (Å²) in [5.74, 6) is 3.67. The van der Waals surface area contributed by atoms with Gasteiger partial charge in [0.15, 0.2) is 0 Å². The lowest BCUT2D eigenvalue weighted by atomic mass is 10.1. The van der Waals surface area contributed by atoms with Crippen molar-refractivity contribution in [2.75, 3.05) is 18.6 Å². The van der Waals surface area contributed by atoms with Crippen molar-refractivity contribution in [3.05, 3.63) is 30.1 Å². The summed E-state index contributed by atoms with van der Waals surface area (Å²) in [4.78, 5) is 19.2. The fraction of sp³-hybridized carbons (Fsp3) is 0.556. The highest BCUT2D eigenvalue weighted by atomic mass is 32.2. The number of nitrogens with zero attached hydrogens (tertiary/aromatic N) is 3. The number of rotatable bonds is 5. The van der Waals surface area contributed by atoms with Crippen LogP contribution in [0.4, 0.5) is 0 Å². The van der Waals surface area contributed by atoms with Crippen LogP contribution < -0.4 is 0 Å². The van der Waals surface area contributed by atoms with Crippen molar-refractivity contribution in [2.24, 2.45) is 0 Å². The second-order valence-corrected chi connectivity index (χ2v) is 7.34. The lowest BCUT2D eigenvalue weighted by Crippen LogP contribution is -2.39. The average Bonchev–Trinajstić information content (AvgIpc) is 2.97. The van der Waals surface area contributed by atoms with Crippen LogP contribution in [0.15, 0.2) is 24.3 Å². The zero-order valence-electron chi connectivity index (χ0n) is 14.0. The Morgan fingerprint density at radius 1 is 1.35 bits per heavy atom. The molecule has 1 aliphatic heterocycles. The quantitative estimate of drug-likeness (QED) is 0.843. The molecule has 0 saturated carbocycles. The van der Waals surface area contributed by atoms with Crippen LogP contribution in [-0.2, 0) is 17.8 Å². The summed E-state index contributed by atoms with van der Waals surface area (Å²) in [6.07, 6.45) is 3.69. The molecule has 0 N–H and O–H groups in total. The fourth-order valence-corrected chi connectivity index (χ4v) is 4.39. The van der Waals surface area contributed by atoms with Gasteiger partial charge in [-0.1, -0.05) is 19.1 Å². The topological polar surface area (TPSA) is 38.1 Å². The molecule has 1 amide bonds. The van der Waals surface area contributed by atoms with Gasteiger partial charge in [-0.15, -0.1) is 0 Å². The highest BCUT2D eigenvalue weighted by Gasteiger charge is 2.22. The van der Waals surface area contributed by atoms with Crippen molar-refractivity contribution in [1.29, 1.82) is 0 Å². The van der Waals surface area contributed by atoms with E-state index in [9.17, 15) is 4.79 Å². The van der Waals surface area contributed by atoms with E-state index in [0.717, 1.165) is 36.1 Å². The predicted octanol–water partition coefficient (Wildman–Crippen LogP) is 3.34. The molecule has 1 fully saturated rings. The van der Waals surface area contributed by atoms with Crippen LogP contribution in [0.3, 0.4) is 0 Å². The van der Waals surface area contributed by atoms with Crippen molar-refractivity contribution in [1.82, 2.24) is 14.5 Å². The first kappa shape index (κ1) is 16.4. The number of carbonyl (C=O) groups excluding carboxylic acids is 1. The number of aromatic nitrogens is 2. The van der Waals surface area contributed by atoms with Gasteiger partial charge < -0.3 is 9.47 Å². The van der Waals surface area contributed by atoms with Gasteiger partial charge in [-0.2, -0.15) is 11.8 Å². The highest BCUT2D eigenvalue weighted by molar-refractivity contribution is 7.99. The van der Waals surface area contributed by atoms with Crippen molar-refractivity contribution in [3.8, 4) is 0 Å². The lowest BCUT2D eigenvalue weighted by molar-refractivity contribution is -0.132. The first-order valence-corrected chi connectivity index (χ1v) is 9.63. The minimum Gasteiger partial charge on any atom is -0.343 e. The van der Waals surface area contributed by atoms with Gasteiger partial charge >= 0.3 is 0 Å². The Balaban J connectivity index is 1.69. The lowest BCUT2D eigenvalue weighted by Gasteiger charge is -2.31. The van der Waals surface area contributed by atoms with Gasteiger partial charge in [-0.3, -0.25) is 4.79 Å².